The molecule has 2 rings (SSSR count). The summed E-state index contributed by atoms with van der Waals surface area (Å²) in [7, 11) is -3.36. The molecule has 1 amide bonds. The Balaban J connectivity index is 1.93. The van der Waals surface area contributed by atoms with Crippen LogP contribution in [0.25, 0.3) is 0 Å². The molecule has 0 radical (unpaired) electrons. The van der Waals surface area contributed by atoms with Gasteiger partial charge in [-0.25, -0.2) is 8.42 Å². The van der Waals surface area contributed by atoms with Crippen molar-refractivity contribution in [1.29, 1.82) is 0 Å². The minimum Gasteiger partial charge on any atom is -0.350 e. The number of hydrogen-bond donors (Lipinski definition) is 2. The molecular weight excluding hydrogens is 324 g/mol. The number of nitrogens with one attached hydrogen (secondary N) is 2. The van der Waals surface area contributed by atoms with Crippen LogP contribution in [-0.4, -0.2) is 26.6 Å². The number of amides is 1. The Morgan fingerprint density at radius 3 is 2.46 bits per heavy atom. The monoisotopic (exact) mass is 346 g/mol. The number of carbonyl (C=O) groups is 1. The summed E-state index contributed by atoms with van der Waals surface area (Å²) in [5.74, 6) is -0.215. The topological polar surface area (TPSA) is 75.3 Å². The first kappa shape index (κ1) is 18.0. The van der Waals surface area contributed by atoms with Crippen LogP contribution in [0, 0.1) is 0 Å². The van der Waals surface area contributed by atoms with E-state index in [1.165, 1.54) is 11.6 Å². The van der Waals surface area contributed by atoms with Crippen LogP contribution in [0.3, 0.4) is 0 Å². The van der Waals surface area contributed by atoms with Crippen LogP contribution in [-0.2, 0) is 16.4 Å². The lowest BCUT2D eigenvalue weighted by atomic mass is 10.1. The van der Waals surface area contributed by atoms with Gasteiger partial charge in [-0.3, -0.25) is 9.52 Å². The highest BCUT2D eigenvalue weighted by Crippen LogP contribution is 2.12. The molecule has 24 heavy (non-hydrogen) atoms. The molecule has 0 saturated heterocycles. The van der Waals surface area contributed by atoms with Crippen molar-refractivity contribution in [3.8, 4) is 0 Å². The Kier molecular flexibility index (Phi) is 5.98. The van der Waals surface area contributed by atoms with E-state index in [-0.39, 0.29) is 11.9 Å². The molecule has 1 atom stereocenters. The molecule has 5 nitrogen and oxygen atoms in total. The zero-order chi connectivity index (χ0) is 17.6. The Labute approximate surface area is 143 Å². The fraction of sp³-hybridized carbons (Fsp3) is 0.278. The van der Waals surface area contributed by atoms with Gasteiger partial charge in [-0.05, 0) is 43.5 Å². The second-order valence-corrected chi connectivity index (χ2v) is 7.60. The maximum Gasteiger partial charge on any atom is 0.251 e. The largest absolute Gasteiger partial charge is 0.350 e. The second-order valence-electron chi connectivity index (χ2n) is 5.85. The first-order valence-corrected chi connectivity index (χ1v) is 9.65. The maximum absolute atomic E-state index is 12.3. The van der Waals surface area contributed by atoms with Gasteiger partial charge >= 0.3 is 0 Å². The summed E-state index contributed by atoms with van der Waals surface area (Å²) in [6.45, 7) is 1.96. The summed E-state index contributed by atoms with van der Waals surface area (Å²) in [6, 6.07) is 16.6. The van der Waals surface area contributed by atoms with E-state index >= 15 is 0 Å². The number of rotatable bonds is 7. The van der Waals surface area contributed by atoms with Gasteiger partial charge in [0, 0.05) is 17.3 Å². The van der Waals surface area contributed by atoms with Crippen LogP contribution >= 0.6 is 0 Å². The highest BCUT2D eigenvalue weighted by molar-refractivity contribution is 7.92. The van der Waals surface area contributed by atoms with Crippen LogP contribution < -0.4 is 10.0 Å². The third-order valence-electron chi connectivity index (χ3n) is 3.51. The average molecular weight is 346 g/mol. The maximum atomic E-state index is 12.3. The van der Waals surface area contributed by atoms with Crippen LogP contribution in [0.5, 0.6) is 0 Å². The summed E-state index contributed by atoms with van der Waals surface area (Å²) < 4.78 is 24.9. The molecular formula is C18H22N2O3S. The van der Waals surface area contributed by atoms with E-state index < -0.39 is 10.0 Å². The van der Waals surface area contributed by atoms with Gasteiger partial charge in [-0.1, -0.05) is 36.4 Å². The highest BCUT2D eigenvalue weighted by Gasteiger charge is 2.11. The minimum absolute atomic E-state index is 0.0178. The minimum atomic E-state index is -3.36. The van der Waals surface area contributed by atoms with Gasteiger partial charge in [0.2, 0.25) is 10.0 Å². The van der Waals surface area contributed by atoms with Crippen molar-refractivity contribution in [2.24, 2.45) is 0 Å². The zero-order valence-electron chi connectivity index (χ0n) is 13.8. The van der Waals surface area contributed by atoms with E-state index in [9.17, 15) is 13.2 Å². The molecule has 6 heteroatoms. The third-order valence-corrected chi connectivity index (χ3v) is 4.12. The van der Waals surface area contributed by atoms with Gasteiger partial charge in [0.1, 0.15) is 0 Å². The van der Waals surface area contributed by atoms with Crippen LogP contribution in [0.1, 0.15) is 29.3 Å². The summed E-state index contributed by atoms with van der Waals surface area (Å²) in [4.78, 5) is 12.3. The van der Waals surface area contributed by atoms with Gasteiger partial charge in [-0.2, -0.15) is 0 Å². The fourth-order valence-corrected chi connectivity index (χ4v) is 2.90. The SMILES string of the molecule is CC(CCc1ccccc1)NC(=O)c1cccc(NS(C)(=O)=O)c1. The molecule has 0 aliphatic heterocycles. The Bertz CT molecular complexity index is 789. The molecule has 0 aliphatic carbocycles. The number of sulfonamides is 1. The van der Waals surface area contributed by atoms with E-state index in [4.69, 9.17) is 0 Å². The van der Waals surface area contributed by atoms with Crippen LogP contribution in [0.15, 0.2) is 54.6 Å². The molecule has 2 aromatic carbocycles. The Morgan fingerprint density at radius 1 is 1.08 bits per heavy atom. The molecule has 0 aliphatic rings. The normalized spacial score (nSPS) is 12.4. The lowest BCUT2D eigenvalue weighted by molar-refractivity contribution is 0.0938. The molecule has 1 unspecified atom stereocenters. The lowest BCUT2D eigenvalue weighted by Crippen LogP contribution is -2.32. The second kappa shape index (κ2) is 7.97. The molecule has 0 spiro atoms. The van der Waals surface area contributed by atoms with E-state index in [1.807, 2.05) is 25.1 Å². The van der Waals surface area contributed by atoms with E-state index in [2.05, 4.69) is 22.2 Å². The van der Waals surface area contributed by atoms with Crippen molar-refractivity contribution in [3.63, 3.8) is 0 Å². The quantitative estimate of drug-likeness (QED) is 0.809. The van der Waals surface area contributed by atoms with E-state index in [1.54, 1.807) is 18.2 Å². The standard InChI is InChI=1S/C18H22N2O3S/c1-14(11-12-15-7-4-3-5-8-15)19-18(21)16-9-6-10-17(13-16)20-24(2,22)23/h3-10,13-14,20H,11-12H2,1-2H3,(H,19,21). The molecule has 0 fully saturated rings. The molecule has 2 aromatic rings. The first-order valence-electron chi connectivity index (χ1n) is 7.76. The fourth-order valence-electron chi connectivity index (χ4n) is 2.35. The summed E-state index contributed by atoms with van der Waals surface area (Å²) in [6.07, 6.45) is 2.79. The van der Waals surface area contributed by atoms with Gasteiger partial charge in [0.15, 0.2) is 0 Å². The van der Waals surface area contributed by atoms with Crippen molar-refractivity contribution < 1.29 is 13.2 Å². The number of hydrogen-bond acceptors (Lipinski definition) is 3. The molecule has 2 N–H and O–H groups in total. The van der Waals surface area contributed by atoms with E-state index in [0.717, 1.165) is 19.1 Å². The number of carbonyl (C=O) groups excluding carboxylic acids is 1. The number of aryl methyl sites for hydroxylation is 1. The zero-order valence-corrected chi connectivity index (χ0v) is 14.6. The van der Waals surface area contributed by atoms with Crippen molar-refractivity contribution in [2.45, 2.75) is 25.8 Å². The first-order chi connectivity index (χ1) is 11.3. The van der Waals surface area contributed by atoms with Crippen LogP contribution in [0.4, 0.5) is 5.69 Å². The van der Waals surface area contributed by atoms with Crippen molar-refractivity contribution in [3.05, 3.63) is 65.7 Å². The third kappa shape index (κ3) is 6.04. The number of benzene rings is 2. The Hall–Kier alpha value is -2.34. The predicted molar refractivity (Wildman–Crippen MR) is 96.6 cm³/mol. The summed E-state index contributed by atoms with van der Waals surface area (Å²) in [5.41, 5.74) is 2.04. The average Bonchev–Trinajstić information content (AvgIpc) is 2.52. The predicted octanol–water partition coefficient (Wildman–Crippen LogP) is 2.81. The molecule has 0 saturated carbocycles. The van der Waals surface area contributed by atoms with Gasteiger partial charge in [-0.15, -0.1) is 0 Å². The summed E-state index contributed by atoms with van der Waals surface area (Å²) >= 11 is 0. The lowest BCUT2D eigenvalue weighted by Gasteiger charge is -2.14. The van der Waals surface area contributed by atoms with Crippen molar-refractivity contribution in [2.75, 3.05) is 11.0 Å². The van der Waals surface area contributed by atoms with Crippen molar-refractivity contribution >= 4 is 21.6 Å². The van der Waals surface area contributed by atoms with Gasteiger partial charge < -0.3 is 5.32 Å². The van der Waals surface area contributed by atoms with E-state index in [0.29, 0.717) is 11.3 Å². The van der Waals surface area contributed by atoms with Crippen LogP contribution in [0.2, 0.25) is 0 Å². The highest BCUT2D eigenvalue weighted by atomic mass is 32.2. The number of anilines is 1. The summed E-state index contributed by atoms with van der Waals surface area (Å²) in [5, 5.41) is 2.94. The van der Waals surface area contributed by atoms with Crippen molar-refractivity contribution in [1.82, 2.24) is 5.32 Å². The molecule has 0 bridgehead atoms. The smallest absolute Gasteiger partial charge is 0.251 e. The molecule has 0 heterocycles. The molecule has 0 aromatic heterocycles. The Morgan fingerprint density at radius 2 is 1.79 bits per heavy atom. The molecule has 128 valence electrons. The van der Waals surface area contributed by atoms with Gasteiger partial charge in [0.25, 0.3) is 5.91 Å². The van der Waals surface area contributed by atoms with Gasteiger partial charge in [0.05, 0.1) is 6.26 Å².